The van der Waals surface area contributed by atoms with Crippen molar-refractivity contribution in [2.75, 3.05) is 0 Å². The minimum absolute atomic E-state index is 0.0158. The lowest BCUT2D eigenvalue weighted by molar-refractivity contribution is 0.1000. The number of aromatic nitrogens is 2. The fourth-order valence-electron chi connectivity index (χ4n) is 2.04. The van der Waals surface area contributed by atoms with Crippen molar-refractivity contribution < 1.29 is 4.79 Å². The zero-order valence-corrected chi connectivity index (χ0v) is 11.1. The van der Waals surface area contributed by atoms with Gasteiger partial charge < -0.3 is 5.73 Å². The van der Waals surface area contributed by atoms with Crippen LogP contribution < -0.4 is 5.73 Å². The Morgan fingerprint density at radius 1 is 1.00 bits per heavy atom. The monoisotopic (exact) mass is 283 g/mol. The van der Waals surface area contributed by atoms with Crippen molar-refractivity contribution in [1.29, 1.82) is 0 Å². The molecule has 0 saturated carbocycles. The summed E-state index contributed by atoms with van der Waals surface area (Å²) < 4.78 is 0. The summed E-state index contributed by atoms with van der Waals surface area (Å²) in [6.07, 6.45) is 0. The number of carbonyl (C=O) groups excluding carboxylic acids is 1. The summed E-state index contributed by atoms with van der Waals surface area (Å²) in [5.41, 5.74) is 6.85. The lowest BCUT2D eigenvalue weighted by Crippen LogP contribution is -2.13. The number of halogens is 1. The van der Waals surface area contributed by atoms with Gasteiger partial charge in [0.2, 0.25) is 0 Å². The van der Waals surface area contributed by atoms with Crippen LogP contribution in [-0.4, -0.2) is 16.1 Å². The summed E-state index contributed by atoms with van der Waals surface area (Å²) in [4.78, 5) is 11.3. The molecule has 1 heterocycles. The van der Waals surface area contributed by atoms with Gasteiger partial charge in [0.25, 0.3) is 5.91 Å². The number of nitrogens with zero attached hydrogens (tertiary/aromatic N) is 2. The van der Waals surface area contributed by atoms with Gasteiger partial charge in [-0.25, -0.2) is 0 Å². The maximum atomic E-state index is 11.3. The molecule has 98 valence electrons. The van der Waals surface area contributed by atoms with E-state index in [0.29, 0.717) is 5.69 Å². The standard InChI is InChI=1S/C15H10ClN3O/c16-14-12(15(17)20)8-13(18-19-14)11-6-5-9-3-1-2-4-10(9)7-11/h1-8H,(H2,17,20). The molecular formula is C15H10ClN3O. The number of hydrogen-bond acceptors (Lipinski definition) is 3. The minimum Gasteiger partial charge on any atom is -0.366 e. The first-order valence-corrected chi connectivity index (χ1v) is 6.35. The predicted octanol–water partition coefficient (Wildman–Crippen LogP) is 3.05. The van der Waals surface area contributed by atoms with Crippen LogP contribution in [-0.2, 0) is 0 Å². The second-order valence-corrected chi connectivity index (χ2v) is 4.72. The van der Waals surface area contributed by atoms with Gasteiger partial charge in [0.15, 0.2) is 5.15 Å². The van der Waals surface area contributed by atoms with E-state index < -0.39 is 5.91 Å². The van der Waals surface area contributed by atoms with Crippen LogP contribution in [0.2, 0.25) is 5.15 Å². The second kappa shape index (κ2) is 4.90. The van der Waals surface area contributed by atoms with Crippen LogP contribution in [0.1, 0.15) is 10.4 Å². The van der Waals surface area contributed by atoms with Crippen molar-refractivity contribution in [2.45, 2.75) is 0 Å². The third-order valence-corrected chi connectivity index (χ3v) is 3.34. The molecule has 5 heteroatoms. The van der Waals surface area contributed by atoms with E-state index in [2.05, 4.69) is 10.2 Å². The third kappa shape index (κ3) is 2.21. The van der Waals surface area contributed by atoms with Crippen LogP contribution in [0.15, 0.2) is 48.5 Å². The number of nitrogens with two attached hydrogens (primary N) is 1. The van der Waals surface area contributed by atoms with Gasteiger partial charge in [-0.3, -0.25) is 4.79 Å². The molecule has 0 radical (unpaired) electrons. The molecule has 0 fully saturated rings. The molecule has 0 bridgehead atoms. The highest BCUT2D eigenvalue weighted by molar-refractivity contribution is 6.32. The Labute approximate surface area is 120 Å². The number of amides is 1. The molecule has 1 amide bonds. The molecule has 4 nitrogen and oxygen atoms in total. The Balaban J connectivity index is 2.15. The molecule has 0 unspecified atom stereocenters. The van der Waals surface area contributed by atoms with Crippen LogP contribution >= 0.6 is 11.6 Å². The first kappa shape index (κ1) is 12.6. The van der Waals surface area contributed by atoms with E-state index in [0.717, 1.165) is 16.3 Å². The SMILES string of the molecule is NC(=O)c1cc(-c2ccc3ccccc3c2)nnc1Cl. The van der Waals surface area contributed by atoms with Crippen molar-refractivity contribution in [3.05, 3.63) is 59.2 Å². The van der Waals surface area contributed by atoms with Gasteiger partial charge in [-0.1, -0.05) is 48.0 Å². The van der Waals surface area contributed by atoms with Gasteiger partial charge in [-0.2, -0.15) is 0 Å². The maximum absolute atomic E-state index is 11.3. The van der Waals surface area contributed by atoms with Crippen molar-refractivity contribution in [3.8, 4) is 11.3 Å². The largest absolute Gasteiger partial charge is 0.366 e. The Bertz CT molecular complexity index is 817. The Morgan fingerprint density at radius 3 is 2.50 bits per heavy atom. The molecule has 0 spiro atoms. The van der Waals surface area contributed by atoms with Gasteiger partial charge >= 0.3 is 0 Å². The smallest absolute Gasteiger partial charge is 0.251 e. The summed E-state index contributed by atoms with van der Waals surface area (Å²) in [7, 11) is 0. The van der Waals surface area contributed by atoms with Crippen molar-refractivity contribution >= 4 is 28.3 Å². The Morgan fingerprint density at radius 2 is 1.75 bits per heavy atom. The lowest BCUT2D eigenvalue weighted by atomic mass is 10.0. The molecule has 20 heavy (non-hydrogen) atoms. The van der Waals surface area contributed by atoms with Gasteiger partial charge in [0.1, 0.15) is 0 Å². The zero-order valence-electron chi connectivity index (χ0n) is 10.4. The summed E-state index contributed by atoms with van der Waals surface area (Å²) >= 11 is 5.80. The molecule has 3 rings (SSSR count). The molecular weight excluding hydrogens is 274 g/mol. The molecule has 0 aliphatic heterocycles. The molecule has 3 aromatic rings. The van der Waals surface area contributed by atoms with Crippen molar-refractivity contribution in [2.24, 2.45) is 5.73 Å². The van der Waals surface area contributed by atoms with E-state index in [1.54, 1.807) is 6.07 Å². The van der Waals surface area contributed by atoms with Gasteiger partial charge in [-0.15, -0.1) is 10.2 Å². The van der Waals surface area contributed by atoms with E-state index >= 15 is 0 Å². The summed E-state index contributed by atoms with van der Waals surface area (Å²) in [5, 5.41) is 10.0. The number of hydrogen-bond donors (Lipinski definition) is 1. The summed E-state index contributed by atoms with van der Waals surface area (Å²) in [6, 6.07) is 15.4. The highest BCUT2D eigenvalue weighted by Gasteiger charge is 2.11. The van der Waals surface area contributed by atoms with Crippen molar-refractivity contribution in [3.63, 3.8) is 0 Å². The van der Waals surface area contributed by atoms with Crippen LogP contribution in [0.25, 0.3) is 22.0 Å². The molecule has 0 atom stereocenters. The minimum atomic E-state index is -0.619. The fourth-order valence-corrected chi connectivity index (χ4v) is 2.22. The summed E-state index contributed by atoms with van der Waals surface area (Å²) in [5.74, 6) is -0.619. The third-order valence-electron chi connectivity index (χ3n) is 3.06. The highest BCUT2D eigenvalue weighted by atomic mass is 35.5. The van der Waals surface area contributed by atoms with Crippen LogP contribution in [0, 0.1) is 0 Å². The lowest BCUT2D eigenvalue weighted by Gasteiger charge is -2.05. The molecule has 1 aromatic heterocycles. The Hall–Kier alpha value is -2.46. The topological polar surface area (TPSA) is 68.9 Å². The van der Waals surface area contributed by atoms with E-state index in [1.807, 2.05) is 42.5 Å². The van der Waals surface area contributed by atoms with E-state index in [4.69, 9.17) is 17.3 Å². The molecule has 2 N–H and O–H groups in total. The van der Waals surface area contributed by atoms with Gasteiger partial charge in [0.05, 0.1) is 11.3 Å². The fraction of sp³-hybridized carbons (Fsp3) is 0. The maximum Gasteiger partial charge on any atom is 0.251 e. The average Bonchev–Trinajstić information content (AvgIpc) is 2.47. The first-order chi connectivity index (χ1) is 9.65. The molecule has 0 saturated heterocycles. The van der Waals surface area contributed by atoms with E-state index in [1.165, 1.54) is 0 Å². The van der Waals surface area contributed by atoms with Gasteiger partial charge in [-0.05, 0) is 22.9 Å². The first-order valence-electron chi connectivity index (χ1n) is 5.97. The van der Waals surface area contributed by atoms with Gasteiger partial charge in [0, 0.05) is 5.56 Å². The molecule has 0 aliphatic rings. The number of primary amides is 1. The van der Waals surface area contributed by atoms with Crippen molar-refractivity contribution in [1.82, 2.24) is 10.2 Å². The normalized spacial score (nSPS) is 10.7. The van der Waals surface area contributed by atoms with Crippen LogP contribution in [0.4, 0.5) is 0 Å². The van der Waals surface area contributed by atoms with Crippen LogP contribution in [0.5, 0.6) is 0 Å². The quantitative estimate of drug-likeness (QED) is 0.786. The number of benzene rings is 2. The summed E-state index contributed by atoms with van der Waals surface area (Å²) in [6.45, 7) is 0. The average molecular weight is 284 g/mol. The zero-order chi connectivity index (χ0) is 14.1. The van der Waals surface area contributed by atoms with E-state index in [9.17, 15) is 4.79 Å². The second-order valence-electron chi connectivity index (χ2n) is 4.36. The molecule has 2 aromatic carbocycles. The number of carbonyl (C=O) groups is 1. The van der Waals surface area contributed by atoms with Crippen LogP contribution in [0.3, 0.4) is 0 Å². The number of rotatable bonds is 2. The number of fused-ring (bicyclic) bond motifs is 1. The highest BCUT2D eigenvalue weighted by Crippen LogP contribution is 2.24. The molecule has 0 aliphatic carbocycles. The Kier molecular flexibility index (Phi) is 3.08. The predicted molar refractivity (Wildman–Crippen MR) is 78.5 cm³/mol. The van der Waals surface area contributed by atoms with E-state index in [-0.39, 0.29) is 10.7 Å².